The first kappa shape index (κ1) is 15.9. The van der Waals surface area contributed by atoms with E-state index in [2.05, 4.69) is 13.8 Å². The first-order valence-electron chi connectivity index (χ1n) is 2.70. The van der Waals surface area contributed by atoms with E-state index in [0.29, 0.717) is 0 Å². The number of hydrogen-bond acceptors (Lipinski definition) is 1. The van der Waals surface area contributed by atoms with Crippen molar-refractivity contribution in [3.63, 3.8) is 0 Å². The maximum atomic E-state index is 8.93. The minimum Gasteiger partial charge on any atom is -0.855 e. The molecule has 0 aromatic rings. The average Bonchev–Trinajstić information content (AvgIpc) is 1.69. The molecule has 0 N–H and O–H groups in total. The van der Waals surface area contributed by atoms with E-state index in [1.165, 1.54) is 6.42 Å². The Morgan fingerprint density at radius 2 is 1.50 bits per heavy atom. The van der Waals surface area contributed by atoms with E-state index in [9.17, 15) is 0 Å². The summed E-state index contributed by atoms with van der Waals surface area (Å²) in [6.07, 6.45) is 2.28. The van der Waals surface area contributed by atoms with Crippen molar-refractivity contribution in [1.82, 2.24) is 0 Å². The van der Waals surface area contributed by atoms with Gasteiger partial charge in [-0.25, -0.2) is 0 Å². The van der Waals surface area contributed by atoms with Crippen LogP contribution in [0.25, 0.3) is 0 Å². The molecule has 0 aliphatic heterocycles. The van der Waals surface area contributed by atoms with Crippen molar-refractivity contribution in [1.29, 1.82) is 0 Å². The molecule has 0 fully saturated rings. The van der Waals surface area contributed by atoms with E-state index in [4.69, 9.17) is 5.11 Å². The molecule has 0 saturated carbocycles. The van der Waals surface area contributed by atoms with Gasteiger partial charge in [0.05, 0.1) is 0 Å². The molecule has 0 radical (unpaired) electrons. The molecule has 0 aromatic heterocycles. The van der Waals surface area contributed by atoms with Gasteiger partial charge in [0.1, 0.15) is 0 Å². The fourth-order valence-electron chi connectivity index (χ4n) is 0. The minimum absolute atomic E-state index is 0. The van der Waals surface area contributed by atoms with Gasteiger partial charge < -0.3 is 12.0 Å². The maximum absolute atomic E-state index is 8.93. The van der Waals surface area contributed by atoms with Gasteiger partial charge in [-0.2, -0.15) is 6.42 Å². The molecule has 0 unspecified atom stereocenters. The van der Waals surface area contributed by atoms with Gasteiger partial charge in [0.2, 0.25) is 0 Å². The second kappa shape index (κ2) is 25.2. The first-order valence-corrected chi connectivity index (χ1v) is 2.70. The van der Waals surface area contributed by atoms with Gasteiger partial charge in [0.25, 0.3) is 0 Å². The van der Waals surface area contributed by atoms with E-state index < -0.39 is 0 Å². The monoisotopic (exact) mass is 126 g/mol. The van der Waals surface area contributed by atoms with Crippen LogP contribution in [-0.4, -0.2) is 29.7 Å². The molecule has 0 aliphatic rings. The summed E-state index contributed by atoms with van der Waals surface area (Å²) in [6, 6.07) is 0. The third kappa shape index (κ3) is 74.0. The number of rotatable bonds is 1. The van der Waals surface area contributed by atoms with Crippen LogP contribution in [0.1, 0.15) is 26.7 Å². The van der Waals surface area contributed by atoms with Crippen LogP contribution in [0.2, 0.25) is 0 Å². The van der Waals surface area contributed by atoms with E-state index in [0.717, 1.165) is 6.42 Å². The van der Waals surface area contributed by atoms with Crippen LogP contribution in [0.5, 0.6) is 0 Å². The molecule has 2 heteroatoms. The molecule has 0 aromatic carbocycles. The smallest absolute Gasteiger partial charge is 0.855 e. The Morgan fingerprint density at radius 3 is 1.50 bits per heavy atom. The maximum Gasteiger partial charge on any atom is 2.00 e. The third-order valence-corrected chi connectivity index (χ3v) is 0.354. The van der Waals surface area contributed by atoms with Gasteiger partial charge in [-0.3, -0.25) is 0 Å². The van der Waals surface area contributed by atoms with Crippen molar-refractivity contribution in [2.24, 2.45) is 0 Å². The Hall–Kier alpha value is 0.726. The summed E-state index contributed by atoms with van der Waals surface area (Å²) in [5, 5.41) is 8.93. The second-order valence-corrected chi connectivity index (χ2v) is 1.14. The van der Waals surface area contributed by atoms with Crippen molar-refractivity contribution < 1.29 is 5.11 Å². The van der Waals surface area contributed by atoms with Gasteiger partial charge in [-0.1, -0.05) is 20.3 Å². The molecule has 46 valence electrons. The zero-order valence-electron chi connectivity index (χ0n) is 5.94. The van der Waals surface area contributed by atoms with E-state index in [-0.39, 0.29) is 29.7 Å². The molecule has 8 heavy (non-hydrogen) atoms. The Balaban J connectivity index is -0.0000000575. The predicted octanol–water partition coefficient (Wildman–Crippen LogP) is 0.606. The quantitative estimate of drug-likeness (QED) is 0.373. The van der Waals surface area contributed by atoms with Crippen LogP contribution < -0.4 is 5.11 Å². The van der Waals surface area contributed by atoms with Gasteiger partial charge in [0, 0.05) is 0 Å². The minimum atomic E-state index is 0. The van der Waals surface area contributed by atoms with E-state index in [1.807, 2.05) is 0 Å². The zero-order chi connectivity index (χ0) is 6.12. The second-order valence-electron chi connectivity index (χ2n) is 1.14. The molecule has 0 saturated heterocycles. The van der Waals surface area contributed by atoms with Gasteiger partial charge >= 0.3 is 23.1 Å². The van der Waals surface area contributed by atoms with Crippen molar-refractivity contribution >= 4 is 23.1 Å². The molecule has 0 amide bonds. The fourth-order valence-corrected chi connectivity index (χ4v) is 0. The van der Waals surface area contributed by atoms with E-state index in [1.54, 1.807) is 6.92 Å². The largest absolute Gasteiger partial charge is 2.00 e. The molecule has 1 nitrogen and oxygen atoms in total. The van der Waals surface area contributed by atoms with Gasteiger partial charge in [-0.15, -0.1) is 6.61 Å². The average molecular weight is 126 g/mol. The molecule has 0 spiro atoms. The Bertz CT molecular complexity index is 16.0. The summed E-state index contributed by atoms with van der Waals surface area (Å²) in [5.41, 5.74) is 0. The molecule has 0 heterocycles. The summed E-state index contributed by atoms with van der Waals surface area (Å²) in [6.45, 7) is 7.29. The fraction of sp³-hybridized carbons (Fsp3) is 0.833. The van der Waals surface area contributed by atoms with Crippen molar-refractivity contribution in [3.05, 3.63) is 6.92 Å². The summed E-state index contributed by atoms with van der Waals surface area (Å²) < 4.78 is 0. The third-order valence-electron chi connectivity index (χ3n) is 0.354. The van der Waals surface area contributed by atoms with Crippen LogP contribution in [0, 0.1) is 6.92 Å². The topological polar surface area (TPSA) is 23.1 Å². The molecular weight excluding hydrogens is 112 g/mol. The van der Waals surface area contributed by atoms with Crippen molar-refractivity contribution in [3.8, 4) is 0 Å². The number of hydrogen-bond donors (Lipinski definition) is 0. The van der Waals surface area contributed by atoms with Crippen LogP contribution in [-0.2, 0) is 0 Å². The molecule has 0 aliphatic carbocycles. The van der Waals surface area contributed by atoms with E-state index >= 15 is 0 Å². The first-order chi connectivity index (χ1) is 3.33. The Labute approximate surface area is 68.6 Å². The molecule has 0 bridgehead atoms. The Morgan fingerprint density at radius 1 is 1.38 bits per heavy atom. The van der Waals surface area contributed by atoms with Gasteiger partial charge in [0.15, 0.2) is 0 Å². The predicted molar refractivity (Wildman–Crippen MR) is 36.6 cm³/mol. The van der Waals surface area contributed by atoms with Crippen LogP contribution in [0.15, 0.2) is 0 Å². The van der Waals surface area contributed by atoms with Gasteiger partial charge in [-0.05, 0) is 0 Å². The van der Waals surface area contributed by atoms with Crippen molar-refractivity contribution in [2.75, 3.05) is 6.61 Å². The van der Waals surface area contributed by atoms with Crippen molar-refractivity contribution in [2.45, 2.75) is 26.7 Å². The standard InChI is InChI=1S/C4H9.C2H5O.Mg/c1-3-4-2;1-2-3;/h1,3-4H2,2H3;2H2,1H3;/q2*-1;+2. The molecule has 0 atom stereocenters. The van der Waals surface area contributed by atoms with Crippen LogP contribution >= 0.6 is 0 Å². The molecular formula is C6H14MgO. The summed E-state index contributed by atoms with van der Waals surface area (Å²) >= 11 is 0. The van der Waals surface area contributed by atoms with Crippen LogP contribution in [0.3, 0.4) is 0 Å². The zero-order valence-corrected chi connectivity index (χ0v) is 7.36. The normalized spacial score (nSPS) is 6.00. The Kier molecular flexibility index (Phi) is 50.0. The number of unbranched alkanes of at least 4 members (excludes halogenated alkanes) is 1. The van der Waals surface area contributed by atoms with Crippen LogP contribution in [0.4, 0.5) is 0 Å². The SMILES string of the molecule is CC[O-].[CH2-]CCC.[Mg+2]. The summed E-state index contributed by atoms with van der Waals surface area (Å²) in [5.74, 6) is 0. The summed E-state index contributed by atoms with van der Waals surface area (Å²) in [4.78, 5) is 0. The summed E-state index contributed by atoms with van der Waals surface area (Å²) in [7, 11) is 0. The molecule has 0 rings (SSSR count).